The Bertz CT molecular complexity index is 265. The lowest BCUT2D eigenvalue weighted by Gasteiger charge is -2.31. The molecule has 2 saturated heterocycles. The summed E-state index contributed by atoms with van der Waals surface area (Å²) in [6, 6.07) is 0. The highest BCUT2D eigenvalue weighted by molar-refractivity contribution is 7.92. The van der Waals surface area contributed by atoms with Crippen LogP contribution < -0.4 is 5.32 Å². The van der Waals surface area contributed by atoms with Gasteiger partial charge < -0.3 is 5.32 Å². The minimum absolute atomic E-state index is 0.370. The zero-order valence-electron chi connectivity index (χ0n) is 7.17. The van der Waals surface area contributed by atoms with Crippen LogP contribution in [0.15, 0.2) is 0 Å². The Morgan fingerprint density at radius 2 is 2.00 bits per heavy atom. The van der Waals surface area contributed by atoms with Gasteiger partial charge in [-0.25, -0.2) is 8.42 Å². The molecule has 70 valence electrons. The Labute approximate surface area is 73.5 Å². The maximum Gasteiger partial charge on any atom is 0.157 e. The second kappa shape index (κ2) is 2.70. The van der Waals surface area contributed by atoms with Crippen molar-refractivity contribution in [3.63, 3.8) is 0 Å². The lowest BCUT2D eigenvalue weighted by molar-refractivity contribution is 0.463. The molecule has 2 aliphatic heterocycles. The van der Waals surface area contributed by atoms with Crippen molar-refractivity contribution in [2.45, 2.75) is 30.4 Å². The van der Waals surface area contributed by atoms with E-state index in [0.29, 0.717) is 12.3 Å². The van der Waals surface area contributed by atoms with Crippen LogP contribution in [-0.4, -0.2) is 32.0 Å². The van der Waals surface area contributed by atoms with E-state index >= 15 is 0 Å². The molecule has 0 aromatic rings. The molecule has 4 heteroatoms. The van der Waals surface area contributed by atoms with E-state index in [4.69, 9.17) is 0 Å². The van der Waals surface area contributed by atoms with Crippen LogP contribution in [0.3, 0.4) is 0 Å². The zero-order chi connectivity index (χ0) is 8.66. The summed E-state index contributed by atoms with van der Waals surface area (Å²) in [5.74, 6) is 0.411. The van der Waals surface area contributed by atoms with Crippen LogP contribution in [0.4, 0.5) is 0 Å². The van der Waals surface area contributed by atoms with Gasteiger partial charge in [0.25, 0.3) is 0 Å². The first-order chi connectivity index (χ1) is 5.66. The van der Waals surface area contributed by atoms with E-state index in [2.05, 4.69) is 5.32 Å². The van der Waals surface area contributed by atoms with E-state index in [9.17, 15) is 8.42 Å². The van der Waals surface area contributed by atoms with Gasteiger partial charge in [-0.3, -0.25) is 0 Å². The fourth-order valence-corrected chi connectivity index (χ4v) is 4.52. The van der Waals surface area contributed by atoms with Crippen LogP contribution in [-0.2, 0) is 9.84 Å². The Morgan fingerprint density at radius 3 is 2.58 bits per heavy atom. The SMILES string of the molecule is O=S1(=O)CCCCC12CCNC2. The largest absolute Gasteiger partial charge is 0.315 e. The van der Waals surface area contributed by atoms with E-state index in [1.54, 1.807) is 0 Å². The van der Waals surface area contributed by atoms with Crippen molar-refractivity contribution < 1.29 is 8.42 Å². The van der Waals surface area contributed by atoms with Gasteiger partial charge >= 0.3 is 0 Å². The first-order valence-electron chi connectivity index (χ1n) is 4.59. The molecular weight excluding hydrogens is 174 g/mol. The third-order valence-corrected chi connectivity index (χ3v) is 5.86. The molecule has 0 amide bonds. The Balaban J connectivity index is 2.32. The predicted octanol–water partition coefficient (Wildman–Crippen LogP) is 0.317. The molecular formula is C8H15NO2S. The molecule has 1 atom stereocenters. The quantitative estimate of drug-likeness (QED) is 0.597. The Kier molecular flexibility index (Phi) is 1.92. The van der Waals surface area contributed by atoms with Gasteiger partial charge in [-0.2, -0.15) is 0 Å². The standard InChI is InChI=1S/C8H15NO2S/c10-12(11)6-2-1-3-8(12)4-5-9-7-8/h9H,1-7H2. The minimum Gasteiger partial charge on any atom is -0.315 e. The van der Waals surface area contributed by atoms with Crippen LogP contribution in [0.5, 0.6) is 0 Å². The van der Waals surface area contributed by atoms with Gasteiger partial charge in [0.1, 0.15) is 0 Å². The molecule has 2 fully saturated rings. The average molecular weight is 189 g/mol. The fourth-order valence-electron chi connectivity index (χ4n) is 2.31. The third-order valence-electron chi connectivity index (χ3n) is 3.16. The van der Waals surface area contributed by atoms with Gasteiger partial charge in [0.05, 0.1) is 10.5 Å². The summed E-state index contributed by atoms with van der Waals surface area (Å²) < 4.78 is 23.2. The zero-order valence-corrected chi connectivity index (χ0v) is 7.99. The van der Waals surface area contributed by atoms with E-state index in [0.717, 1.165) is 32.2 Å². The van der Waals surface area contributed by atoms with Crippen LogP contribution >= 0.6 is 0 Å². The number of rotatable bonds is 0. The van der Waals surface area contributed by atoms with Crippen molar-refractivity contribution in [2.75, 3.05) is 18.8 Å². The Morgan fingerprint density at radius 1 is 1.17 bits per heavy atom. The summed E-state index contributed by atoms with van der Waals surface area (Å²) in [6.07, 6.45) is 3.66. The number of nitrogens with one attached hydrogen (secondary N) is 1. The average Bonchev–Trinajstić information content (AvgIpc) is 2.46. The summed E-state index contributed by atoms with van der Waals surface area (Å²) in [4.78, 5) is 0. The highest BCUT2D eigenvalue weighted by atomic mass is 32.2. The van der Waals surface area contributed by atoms with E-state index in [1.165, 1.54) is 0 Å². The molecule has 0 aromatic carbocycles. The van der Waals surface area contributed by atoms with E-state index in [1.807, 2.05) is 0 Å². The molecule has 1 spiro atoms. The maximum atomic E-state index is 11.8. The topological polar surface area (TPSA) is 46.2 Å². The number of hydrogen-bond donors (Lipinski definition) is 1. The van der Waals surface area contributed by atoms with Crippen LogP contribution in [0.25, 0.3) is 0 Å². The van der Waals surface area contributed by atoms with Crippen LogP contribution in [0.1, 0.15) is 25.7 Å². The number of hydrogen-bond acceptors (Lipinski definition) is 3. The van der Waals surface area contributed by atoms with Gasteiger partial charge in [-0.1, -0.05) is 6.42 Å². The van der Waals surface area contributed by atoms with Gasteiger partial charge in [-0.15, -0.1) is 0 Å². The van der Waals surface area contributed by atoms with Gasteiger partial charge in [0, 0.05) is 6.54 Å². The first-order valence-corrected chi connectivity index (χ1v) is 6.25. The predicted molar refractivity (Wildman–Crippen MR) is 47.9 cm³/mol. The Hall–Kier alpha value is -0.0900. The van der Waals surface area contributed by atoms with Crippen molar-refractivity contribution in [1.82, 2.24) is 5.32 Å². The third kappa shape index (κ3) is 1.09. The van der Waals surface area contributed by atoms with E-state index in [-0.39, 0.29) is 4.75 Å². The first kappa shape index (κ1) is 8.51. The molecule has 2 heterocycles. The van der Waals surface area contributed by atoms with Gasteiger partial charge in [0.15, 0.2) is 9.84 Å². The molecule has 0 radical (unpaired) electrons. The molecule has 12 heavy (non-hydrogen) atoms. The molecule has 2 rings (SSSR count). The maximum absolute atomic E-state index is 11.8. The van der Waals surface area contributed by atoms with Crippen molar-refractivity contribution in [2.24, 2.45) is 0 Å². The molecule has 0 saturated carbocycles. The normalized spacial score (nSPS) is 40.3. The van der Waals surface area contributed by atoms with Crippen LogP contribution in [0, 0.1) is 0 Å². The molecule has 1 unspecified atom stereocenters. The summed E-state index contributed by atoms with van der Waals surface area (Å²) in [6.45, 7) is 1.56. The second-order valence-electron chi connectivity index (χ2n) is 3.89. The second-order valence-corrected chi connectivity index (χ2v) is 6.39. The van der Waals surface area contributed by atoms with Crippen LogP contribution in [0.2, 0.25) is 0 Å². The van der Waals surface area contributed by atoms with Crippen molar-refractivity contribution >= 4 is 9.84 Å². The van der Waals surface area contributed by atoms with Crippen molar-refractivity contribution in [1.29, 1.82) is 0 Å². The smallest absolute Gasteiger partial charge is 0.157 e. The molecule has 0 bridgehead atoms. The van der Waals surface area contributed by atoms with Crippen molar-refractivity contribution in [3.05, 3.63) is 0 Å². The summed E-state index contributed by atoms with van der Waals surface area (Å²) in [5, 5.41) is 3.16. The summed E-state index contributed by atoms with van der Waals surface area (Å²) in [5.41, 5.74) is 0. The van der Waals surface area contributed by atoms with Gasteiger partial charge in [0.2, 0.25) is 0 Å². The minimum atomic E-state index is -2.79. The highest BCUT2D eigenvalue weighted by Crippen LogP contribution is 2.35. The molecule has 2 aliphatic rings. The van der Waals surface area contributed by atoms with E-state index < -0.39 is 9.84 Å². The summed E-state index contributed by atoms with van der Waals surface area (Å²) >= 11 is 0. The van der Waals surface area contributed by atoms with Gasteiger partial charge in [-0.05, 0) is 25.8 Å². The lowest BCUT2D eigenvalue weighted by Crippen LogP contribution is -2.44. The number of sulfone groups is 1. The molecule has 1 N–H and O–H groups in total. The molecule has 0 aliphatic carbocycles. The highest BCUT2D eigenvalue weighted by Gasteiger charge is 2.46. The molecule has 3 nitrogen and oxygen atoms in total. The monoisotopic (exact) mass is 189 g/mol. The molecule has 0 aromatic heterocycles. The van der Waals surface area contributed by atoms with Crippen molar-refractivity contribution in [3.8, 4) is 0 Å². The fraction of sp³-hybridized carbons (Fsp3) is 1.00. The lowest BCUT2D eigenvalue weighted by atomic mass is 10.00. The summed E-state index contributed by atoms with van der Waals surface area (Å²) in [7, 11) is -2.79.